The molecule has 0 atom stereocenters. The zero-order valence-corrected chi connectivity index (χ0v) is 16.9. The summed E-state index contributed by atoms with van der Waals surface area (Å²) in [5.41, 5.74) is 1.41. The summed E-state index contributed by atoms with van der Waals surface area (Å²) in [6.07, 6.45) is -0.311. The van der Waals surface area contributed by atoms with Gasteiger partial charge in [-0.2, -0.15) is 5.26 Å². The van der Waals surface area contributed by atoms with Gasteiger partial charge in [0.15, 0.2) is 11.5 Å². The first-order valence-corrected chi connectivity index (χ1v) is 9.64. The van der Waals surface area contributed by atoms with Crippen molar-refractivity contribution in [2.45, 2.75) is 13.0 Å². The summed E-state index contributed by atoms with van der Waals surface area (Å²) >= 11 is 6.15. The normalized spacial score (nSPS) is 11.6. The number of nitrogens with zero attached hydrogens (tertiary/aromatic N) is 1. The molecule has 3 aromatic carbocycles. The number of carbonyl (C=O) groups is 1. The number of fused-ring (bicyclic) bond motifs is 1. The molecule has 1 N–H and O–H groups in total. The predicted molar refractivity (Wildman–Crippen MR) is 111 cm³/mol. The highest BCUT2D eigenvalue weighted by Crippen LogP contribution is 2.37. The standard InChI is InChI=1S/C23H16ClNO6/c24-18-4-2-5-19(17(18)10-22(26)27)31-21-9-16(8-7-14(21)11-25)28-12-15-3-1-6-20-23(15)30-13-29-20/h1-9H,10,12-13H2,(H,26,27). The van der Waals surface area contributed by atoms with Crippen LogP contribution in [0.15, 0.2) is 54.6 Å². The molecule has 0 aliphatic carbocycles. The van der Waals surface area contributed by atoms with Crippen molar-refractivity contribution >= 4 is 17.6 Å². The fraction of sp³-hybridized carbons (Fsp3) is 0.130. The van der Waals surface area contributed by atoms with E-state index in [0.29, 0.717) is 22.8 Å². The van der Waals surface area contributed by atoms with E-state index in [4.69, 9.17) is 35.7 Å². The number of hydrogen-bond acceptors (Lipinski definition) is 6. The van der Waals surface area contributed by atoms with Gasteiger partial charge in [-0.1, -0.05) is 29.8 Å². The van der Waals surface area contributed by atoms with Gasteiger partial charge >= 0.3 is 5.97 Å². The average molecular weight is 438 g/mol. The van der Waals surface area contributed by atoms with E-state index < -0.39 is 5.97 Å². The number of ether oxygens (including phenoxy) is 4. The molecule has 8 heteroatoms. The first kappa shape index (κ1) is 20.4. The molecule has 1 aliphatic heterocycles. The van der Waals surface area contributed by atoms with E-state index in [1.165, 1.54) is 0 Å². The molecule has 156 valence electrons. The van der Waals surface area contributed by atoms with E-state index in [1.54, 1.807) is 36.4 Å². The van der Waals surface area contributed by atoms with Gasteiger partial charge in [0.1, 0.15) is 29.9 Å². The number of halogens is 1. The van der Waals surface area contributed by atoms with Crippen LogP contribution in [0.2, 0.25) is 5.02 Å². The molecule has 1 aliphatic rings. The molecule has 0 unspecified atom stereocenters. The number of carboxylic acids is 1. The van der Waals surface area contributed by atoms with Crippen LogP contribution < -0.4 is 18.9 Å². The van der Waals surface area contributed by atoms with Crippen LogP contribution in [0.4, 0.5) is 0 Å². The maximum absolute atomic E-state index is 11.2. The smallest absolute Gasteiger partial charge is 0.308 e. The topological polar surface area (TPSA) is 98.0 Å². The molecular formula is C23H16ClNO6. The quantitative estimate of drug-likeness (QED) is 0.559. The SMILES string of the molecule is N#Cc1ccc(OCc2cccc3c2OCO3)cc1Oc1cccc(Cl)c1CC(=O)O. The van der Waals surface area contributed by atoms with E-state index in [0.717, 1.165) is 5.56 Å². The highest BCUT2D eigenvalue weighted by Gasteiger charge is 2.18. The van der Waals surface area contributed by atoms with E-state index in [9.17, 15) is 10.1 Å². The molecule has 0 saturated heterocycles. The summed E-state index contributed by atoms with van der Waals surface area (Å²) < 4.78 is 22.6. The Labute approximate surface area is 182 Å². The molecule has 0 fully saturated rings. The first-order valence-electron chi connectivity index (χ1n) is 9.26. The Balaban J connectivity index is 1.58. The molecule has 0 bridgehead atoms. The van der Waals surface area contributed by atoms with Gasteiger partial charge < -0.3 is 24.1 Å². The van der Waals surface area contributed by atoms with Crippen molar-refractivity contribution in [1.29, 1.82) is 5.26 Å². The molecular weight excluding hydrogens is 422 g/mol. The molecule has 0 aromatic heterocycles. The third-order valence-corrected chi connectivity index (χ3v) is 4.92. The fourth-order valence-electron chi connectivity index (χ4n) is 3.11. The van der Waals surface area contributed by atoms with Gasteiger partial charge in [-0.05, 0) is 30.3 Å². The molecule has 0 radical (unpaired) electrons. The van der Waals surface area contributed by atoms with E-state index >= 15 is 0 Å². The molecule has 7 nitrogen and oxygen atoms in total. The van der Waals surface area contributed by atoms with Gasteiger partial charge in [-0.15, -0.1) is 0 Å². The highest BCUT2D eigenvalue weighted by atomic mass is 35.5. The van der Waals surface area contributed by atoms with Crippen molar-refractivity contribution in [1.82, 2.24) is 0 Å². The van der Waals surface area contributed by atoms with Gasteiger partial charge in [0, 0.05) is 22.2 Å². The second-order valence-corrected chi connectivity index (χ2v) is 7.01. The number of aliphatic carboxylic acids is 1. The summed E-state index contributed by atoms with van der Waals surface area (Å²) in [5.74, 6) is 1.22. The van der Waals surface area contributed by atoms with E-state index in [-0.39, 0.29) is 41.9 Å². The summed E-state index contributed by atoms with van der Waals surface area (Å²) in [4.78, 5) is 11.2. The monoisotopic (exact) mass is 437 g/mol. The van der Waals surface area contributed by atoms with Crippen LogP contribution >= 0.6 is 11.6 Å². The van der Waals surface area contributed by atoms with Crippen molar-refractivity contribution in [3.05, 3.63) is 76.3 Å². The van der Waals surface area contributed by atoms with E-state index in [2.05, 4.69) is 6.07 Å². The van der Waals surface area contributed by atoms with Crippen molar-refractivity contribution in [2.75, 3.05) is 6.79 Å². The number of carboxylic acid groups (broad SMARTS) is 1. The summed E-state index contributed by atoms with van der Waals surface area (Å²) in [5, 5.41) is 18.9. The summed E-state index contributed by atoms with van der Waals surface area (Å²) in [6, 6.07) is 17.2. The molecule has 0 saturated carbocycles. The van der Waals surface area contributed by atoms with Gasteiger partial charge in [-0.25, -0.2) is 0 Å². The molecule has 4 rings (SSSR count). The largest absolute Gasteiger partial charge is 0.489 e. The second kappa shape index (κ2) is 8.86. The first-order chi connectivity index (χ1) is 15.0. The zero-order valence-electron chi connectivity index (χ0n) is 16.1. The Morgan fingerprint density at radius 2 is 1.97 bits per heavy atom. The van der Waals surface area contributed by atoms with Crippen molar-refractivity contribution in [3.63, 3.8) is 0 Å². The van der Waals surface area contributed by atoms with Crippen LogP contribution in [-0.4, -0.2) is 17.9 Å². The Morgan fingerprint density at radius 3 is 2.77 bits per heavy atom. The van der Waals surface area contributed by atoms with Crippen LogP contribution in [-0.2, 0) is 17.8 Å². The molecule has 3 aromatic rings. The lowest BCUT2D eigenvalue weighted by Gasteiger charge is -2.14. The van der Waals surface area contributed by atoms with Gasteiger partial charge in [0.25, 0.3) is 0 Å². The minimum Gasteiger partial charge on any atom is -0.489 e. The maximum atomic E-state index is 11.2. The summed E-state index contributed by atoms with van der Waals surface area (Å²) in [7, 11) is 0. The molecule has 1 heterocycles. The molecule has 0 spiro atoms. The average Bonchev–Trinajstić information content (AvgIpc) is 3.24. The molecule has 0 amide bonds. The zero-order chi connectivity index (χ0) is 21.8. The number of rotatable bonds is 7. The van der Waals surface area contributed by atoms with Gasteiger partial charge in [-0.3, -0.25) is 4.79 Å². The third-order valence-electron chi connectivity index (χ3n) is 4.57. The number of hydrogen-bond donors (Lipinski definition) is 1. The predicted octanol–water partition coefficient (Wildman–Crippen LogP) is 4.94. The number of para-hydroxylation sites is 1. The Hall–Kier alpha value is -3.89. The second-order valence-electron chi connectivity index (χ2n) is 6.60. The Kier molecular flexibility index (Phi) is 5.83. The molecule has 31 heavy (non-hydrogen) atoms. The van der Waals surface area contributed by atoms with E-state index in [1.807, 2.05) is 18.2 Å². The summed E-state index contributed by atoms with van der Waals surface area (Å²) in [6.45, 7) is 0.388. The number of benzene rings is 3. The fourth-order valence-corrected chi connectivity index (χ4v) is 3.34. The van der Waals surface area contributed by atoms with Gasteiger partial charge in [0.2, 0.25) is 6.79 Å². The van der Waals surface area contributed by atoms with Crippen LogP contribution in [0, 0.1) is 11.3 Å². The Morgan fingerprint density at radius 1 is 1.13 bits per heavy atom. The lowest BCUT2D eigenvalue weighted by atomic mass is 10.1. The maximum Gasteiger partial charge on any atom is 0.308 e. The van der Waals surface area contributed by atoms with Crippen LogP contribution in [0.25, 0.3) is 0 Å². The van der Waals surface area contributed by atoms with Crippen LogP contribution in [0.5, 0.6) is 28.7 Å². The van der Waals surface area contributed by atoms with Crippen LogP contribution in [0.1, 0.15) is 16.7 Å². The van der Waals surface area contributed by atoms with Crippen molar-refractivity contribution in [3.8, 4) is 34.8 Å². The lowest BCUT2D eigenvalue weighted by molar-refractivity contribution is -0.136. The third kappa shape index (κ3) is 4.49. The number of nitriles is 1. The van der Waals surface area contributed by atoms with Gasteiger partial charge in [0.05, 0.1) is 12.0 Å². The van der Waals surface area contributed by atoms with Crippen molar-refractivity contribution in [2.24, 2.45) is 0 Å². The minimum atomic E-state index is -1.04. The highest BCUT2D eigenvalue weighted by molar-refractivity contribution is 6.31. The van der Waals surface area contributed by atoms with Crippen LogP contribution in [0.3, 0.4) is 0 Å². The van der Waals surface area contributed by atoms with Crippen molar-refractivity contribution < 1.29 is 28.8 Å². The minimum absolute atomic E-state index is 0.166. The Bertz CT molecular complexity index is 1190. The lowest BCUT2D eigenvalue weighted by Crippen LogP contribution is -2.03.